The van der Waals surface area contributed by atoms with Crippen LogP contribution in [-0.2, 0) is 22.3 Å². The lowest BCUT2D eigenvalue weighted by molar-refractivity contribution is 0.202. The monoisotopic (exact) mass is 372 g/mol. The van der Waals surface area contributed by atoms with E-state index in [1.54, 1.807) is 0 Å². The first-order valence-electron chi connectivity index (χ1n) is 10.2. The summed E-state index contributed by atoms with van der Waals surface area (Å²) in [4.78, 5) is 0. The van der Waals surface area contributed by atoms with Crippen molar-refractivity contribution in [3.8, 4) is 0 Å². The zero-order valence-corrected chi connectivity index (χ0v) is 17.2. The van der Waals surface area contributed by atoms with Crippen LogP contribution in [0.3, 0.4) is 0 Å². The molecule has 0 saturated carbocycles. The first-order valence-corrected chi connectivity index (χ1v) is 10.2. The van der Waals surface area contributed by atoms with Gasteiger partial charge in [-0.3, -0.25) is 0 Å². The molecule has 2 aromatic carbocycles. The molecule has 2 heteroatoms. The van der Waals surface area contributed by atoms with Gasteiger partial charge >= 0.3 is 0 Å². The Labute approximate surface area is 168 Å². The Morgan fingerprint density at radius 2 is 1.00 bits per heavy atom. The molecule has 0 saturated heterocycles. The molecule has 0 N–H and O–H groups in total. The van der Waals surface area contributed by atoms with Crippen molar-refractivity contribution in [2.45, 2.75) is 52.7 Å². The molecular weight excluding hydrogens is 344 g/mol. The van der Waals surface area contributed by atoms with Crippen LogP contribution in [-0.4, -0.2) is 12.2 Å². The average Bonchev–Trinajstić information content (AvgIpc) is 2.67. The molecule has 4 rings (SSSR count). The molecule has 2 nitrogen and oxygen atoms in total. The average molecular weight is 373 g/mol. The first kappa shape index (κ1) is 18.6. The van der Waals surface area contributed by atoms with E-state index in [2.05, 4.69) is 88.4 Å². The number of hydrogen-bond donors (Lipinski definition) is 0. The molecule has 0 amide bonds. The molecular formula is C26H28O2. The molecule has 0 heterocycles. The van der Waals surface area contributed by atoms with Gasteiger partial charge < -0.3 is 9.47 Å². The Bertz CT molecular complexity index is 894. The van der Waals surface area contributed by atoms with Crippen molar-refractivity contribution in [2.75, 3.05) is 0 Å². The number of hydrogen-bond acceptors (Lipinski definition) is 2. The zero-order valence-electron chi connectivity index (χ0n) is 17.2. The van der Waals surface area contributed by atoms with Crippen LogP contribution in [0.2, 0.25) is 0 Å². The van der Waals surface area contributed by atoms with E-state index in [-0.39, 0.29) is 12.2 Å². The lowest BCUT2D eigenvalue weighted by atomic mass is 9.84. The van der Waals surface area contributed by atoms with Crippen LogP contribution in [0.25, 0.3) is 11.5 Å². The smallest absolute Gasteiger partial charge is 0.127 e. The summed E-state index contributed by atoms with van der Waals surface area (Å²) in [6.07, 6.45) is 6.59. The van der Waals surface area contributed by atoms with Crippen LogP contribution >= 0.6 is 0 Å². The Hall–Kier alpha value is -2.74. The van der Waals surface area contributed by atoms with Crippen LogP contribution in [0.5, 0.6) is 0 Å². The highest BCUT2D eigenvalue weighted by molar-refractivity contribution is 5.74. The molecule has 2 aliphatic rings. The highest BCUT2D eigenvalue weighted by Crippen LogP contribution is 2.37. The van der Waals surface area contributed by atoms with Crippen molar-refractivity contribution in [3.05, 3.63) is 94.1 Å². The van der Waals surface area contributed by atoms with Crippen molar-refractivity contribution in [3.63, 3.8) is 0 Å². The standard InChI is InChI=1S/C26H28O2/c1-17(2)27-25-15-21(13-19-9-5-7-11-23(19)25)22-14-20-10-6-8-12-24(20)26(16-22)28-18(3)4/h5-12,15-18H,13-14H2,1-4H3. The van der Waals surface area contributed by atoms with Crippen molar-refractivity contribution in [2.24, 2.45) is 0 Å². The summed E-state index contributed by atoms with van der Waals surface area (Å²) in [7, 11) is 0. The maximum Gasteiger partial charge on any atom is 0.127 e. The Balaban J connectivity index is 1.82. The van der Waals surface area contributed by atoms with E-state index in [4.69, 9.17) is 9.47 Å². The van der Waals surface area contributed by atoms with Gasteiger partial charge in [0, 0.05) is 11.1 Å². The highest BCUT2D eigenvalue weighted by Gasteiger charge is 2.23. The van der Waals surface area contributed by atoms with E-state index in [0.717, 1.165) is 24.4 Å². The molecule has 0 bridgehead atoms. The van der Waals surface area contributed by atoms with Crippen LogP contribution in [0.15, 0.2) is 71.8 Å². The van der Waals surface area contributed by atoms with Gasteiger partial charge in [-0.25, -0.2) is 0 Å². The maximum absolute atomic E-state index is 6.17. The van der Waals surface area contributed by atoms with E-state index in [0.29, 0.717) is 0 Å². The summed E-state index contributed by atoms with van der Waals surface area (Å²) in [5.74, 6) is 1.94. The van der Waals surface area contributed by atoms with E-state index < -0.39 is 0 Å². The van der Waals surface area contributed by atoms with Gasteiger partial charge in [0.1, 0.15) is 11.5 Å². The van der Waals surface area contributed by atoms with E-state index >= 15 is 0 Å². The number of allylic oxidation sites excluding steroid dienone is 4. The summed E-state index contributed by atoms with van der Waals surface area (Å²) in [6.45, 7) is 8.32. The molecule has 0 aliphatic heterocycles. The highest BCUT2D eigenvalue weighted by atomic mass is 16.5. The van der Waals surface area contributed by atoms with Gasteiger partial charge in [-0.1, -0.05) is 48.5 Å². The molecule has 144 valence electrons. The first-order chi connectivity index (χ1) is 13.5. The lowest BCUT2D eigenvalue weighted by Gasteiger charge is -2.26. The minimum absolute atomic E-state index is 0.145. The molecule has 2 aromatic rings. The fourth-order valence-corrected chi connectivity index (χ4v) is 3.93. The van der Waals surface area contributed by atoms with Gasteiger partial charge in [-0.05, 0) is 75.0 Å². The number of ether oxygens (including phenoxy) is 2. The van der Waals surface area contributed by atoms with Gasteiger partial charge in [0.15, 0.2) is 0 Å². The molecule has 0 spiro atoms. The van der Waals surface area contributed by atoms with Gasteiger partial charge in [-0.15, -0.1) is 0 Å². The van der Waals surface area contributed by atoms with Crippen LogP contribution in [0.4, 0.5) is 0 Å². The van der Waals surface area contributed by atoms with E-state index in [9.17, 15) is 0 Å². The van der Waals surface area contributed by atoms with Gasteiger partial charge in [0.05, 0.1) is 12.2 Å². The van der Waals surface area contributed by atoms with Crippen LogP contribution < -0.4 is 0 Å². The van der Waals surface area contributed by atoms with Gasteiger partial charge in [0.2, 0.25) is 0 Å². The topological polar surface area (TPSA) is 18.5 Å². The second kappa shape index (κ2) is 7.71. The molecule has 28 heavy (non-hydrogen) atoms. The van der Waals surface area contributed by atoms with Crippen molar-refractivity contribution in [1.82, 2.24) is 0 Å². The third-order valence-corrected chi connectivity index (χ3v) is 5.08. The minimum Gasteiger partial charge on any atom is -0.490 e. The normalized spacial score (nSPS) is 18.4. The fraction of sp³-hybridized carbons (Fsp3) is 0.308. The quantitative estimate of drug-likeness (QED) is 0.624. The van der Waals surface area contributed by atoms with Crippen LogP contribution in [0.1, 0.15) is 49.9 Å². The molecule has 0 radical (unpaired) electrons. The number of benzene rings is 2. The molecule has 2 aliphatic carbocycles. The summed E-state index contributed by atoms with van der Waals surface area (Å²) < 4.78 is 12.3. The van der Waals surface area contributed by atoms with Gasteiger partial charge in [0.25, 0.3) is 0 Å². The Morgan fingerprint density at radius 3 is 1.39 bits per heavy atom. The Morgan fingerprint density at radius 1 is 0.607 bits per heavy atom. The fourth-order valence-electron chi connectivity index (χ4n) is 3.93. The van der Waals surface area contributed by atoms with Crippen molar-refractivity contribution in [1.29, 1.82) is 0 Å². The predicted molar refractivity (Wildman–Crippen MR) is 116 cm³/mol. The lowest BCUT2D eigenvalue weighted by Crippen LogP contribution is -2.13. The molecule has 0 atom stereocenters. The minimum atomic E-state index is 0.145. The summed E-state index contributed by atoms with van der Waals surface area (Å²) in [5.41, 5.74) is 7.68. The summed E-state index contributed by atoms with van der Waals surface area (Å²) in [6, 6.07) is 17.1. The summed E-state index contributed by atoms with van der Waals surface area (Å²) >= 11 is 0. The molecule has 0 unspecified atom stereocenters. The number of fused-ring (bicyclic) bond motifs is 2. The molecule has 0 fully saturated rings. The van der Waals surface area contributed by atoms with E-state index in [1.165, 1.54) is 33.4 Å². The van der Waals surface area contributed by atoms with Crippen LogP contribution in [0, 0.1) is 0 Å². The maximum atomic E-state index is 6.17. The SMILES string of the molecule is CC(C)OC1=CC(=C2C=C(OC(C)C)c3ccccc3C2)Cc2ccccc21. The van der Waals surface area contributed by atoms with Crippen molar-refractivity contribution >= 4 is 11.5 Å². The van der Waals surface area contributed by atoms with E-state index in [1.807, 2.05) is 0 Å². The Kier molecular flexibility index (Phi) is 5.13. The largest absolute Gasteiger partial charge is 0.490 e. The third-order valence-electron chi connectivity index (χ3n) is 5.08. The van der Waals surface area contributed by atoms with Crippen molar-refractivity contribution < 1.29 is 9.47 Å². The third kappa shape index (κ3) is 3.77. The second-order valence-electron chi connectivity index (χ2n) is 8.07. The van der Waals surface area contributed by atoms with Gasteiger partial charge in [-0.2, -0.15) is 0 Å². The summed E-state index contributed by atoms with van der Waals surface area (Å²) in [5, 5.41) is 0. The predicted octanol–water partition coefficient (Wildman–Crippen LogP) is 6.33. The molecule has 0 aromatic heterocycles. The number of rotatable bonds is 4. The zero-order chi connectivity index (χ0) is 19.7. The second-order valence-corrected chi connectivity index (χ2v) is 8.07.